The van der Waals surface area contributed by atoms with Crippen LogP contribution in [-0.4, -0.2) is 142 Å². The molecule has 11 atom stereocenters. The number of carbonyl (C=O) groups excluding carboxylic acids is 2. The zero-order chi connectivity index (χ0) is 51.0. The highest BCUT2D eigenvalue weighted by atomic mass is 16.7. The maximum Gasteiger partial charge on any atom is 0.306 e. The van der Waals surface area contributed by atoms with E-state index < -0.39 is 99.3 Å². The van der Waals surface area contributed by atoms with Crippen LogP contribution in [0.4, 0.5) is 0 Å². The molecule has 2 fully saturated rings. The lowest BCUT2D eigenvalue weighted by Gasteiger charge is -2.42. The van der Waals surface area contributed by atoms with Crippen molar-refractivity contribution in [2.75, 3.05) is 26.4 Å². The van der Waals surface area contributed by atoms with Gasteiger partial charge < -0.3 is 64.2 Å². The zero-order valence-electron chi connectivity index (χ0n) is 42.3. The van der Waals surface area contributed by atoms with Crippen molar-refractivity contribution < 1.29 is 73.8 Å². The molecular formula is C55H92O15. The van der Waals surface area contributed by atoms with Gasteiger partial charge in [0.2, 0.25) is 0 Å². The Kier molecular flexibility index (Phi) is 37.3. The van der Waals surface area contributed by atoms with Crippen molar-refractivity contribution >= 4 is 11.9 Å². The van der Waals surface area contributed by atoms with Crippen LogP contribution < -0.4 is 0 Å². The van der Waals surface area contributed by atoms with E-state index in [1.54, 1.807) is 0 Å². The van der Waals surface area contributed by atoms with Gasteiger partial charge in [0.25, 0.3) is 0 Å². The van der Waals surface area contributed by atoms with Crippen molar-refractivity contribution in [1.29, 1.82) is 0 Å². The van der Waals surface area contributed by atoms with Gasteiger partial charge in [0, 0.05) is 12.8 Å². The van der Waals surface area contributed by atoms with E-state index in [9.17, 15) is 45.3 Å². The molecule has 0 spiro atoms. The lowest BCUT2D eigenvalue weighted by molar-refractivity contribution is -0.332. The lowest BCUT2D eigenvalue weighted by Crippen LogP contribution is -2.61. The van der Waals surface area contributed by atoms with Gasteiger partial charge in [0.05, 0.1) is 19.8 Å². The van der Waals surface area contributed by atoms with E-state index in [4.69, 9.17) is 28.4 Å². The summed E-state index contributed by atoms with van der Waals surface area (Å²) >= 11 is 0. The van der Waals surface area contributed by atoms with Crippen molar-refractivity contribution in [1.82, 2.24) is 0 Å². The van der Waals surface area contributed by atoms with E-state index >= 15 is 0 Å². The fourth-order valence-electron chi connectivity index (χ4n) is 7.99. The molecule has 0 aromatic rings. The molecule has 70 heavy (non-hydrogen) atoms. The van der Waals surface area contributed by atoms with Gasteiger partial charge in [-0.15, -0.1) is 6.58 Å². The molecule has 0 saturated carbocycles. The normalized spacial score (nSPS) is 25.8. The SMILES string of the molecule is C=CCCCCCCCCCCCCCCCC(=O)OC[C@H](CO[C@H]1O[C@@H](CO[C@H]2O[C@@H](CO)[C@@H](O)C(O)C2O)[C@@H](O)C(O)C1O)OC(=O)CCCCC/C=C/C/C=C/C/C=C/C/C=C/C/C=C/CC. The Bertz CT molecular complexity index is 1480. The van der Waals surface area contributed by atoms with Gasteiger partial charge >= 0.3 is 11.9 Å². The summed E-state index contributed by atoms with van der Waals surface area (Å²) in [7, 11) is 0. The van der Waals surface area contributed by atoms with E-state index in [1.807, 2.05) is 6.08 Å². The average molecular weight is 993 g/mol. The van der Waals surface area contributed by atoms with E-state index in [2.05, 4.69) is 74.3 Å². The van der Waals surface area contributed by atoms with Gasteiger partial charge in [-0.3, -0.25) is 9.59 Å². The van der Waals surface area contributed by atoms with Crippen LogP contribution in [0, 0.1) is 0 Å². The molecule has 2 aliphatic heterocycles. The highest BCUT2D eigenvalue weighted by Crippen LogP contribution is 2.26. The monoisotopic (exact) mass is 993 g/mol. The molecule has 7 N–H and O–H groups in total. The number of hydrogen-bond acceptors (Lipinski definition) is 15. The third-order valence-electron chi connectivity index (χ3n) is 12.3. The smallest absolute Gasteiger partial charge is 0.306 e. The predicted octanol–water partition coefficient (Wildman–Crippen LogP) is 7.82. The van der Waals surface area contributed by atoms with Crippen LogP contribution in [0.15, 0.2) is 73.4 Å². The zero-order valence-corrected chi connectivity index (χ0v) is 42.3. The Hall–Kier alpha value is -3.06. The van der Waals surface area contributed by atoms with Crippen molar-refractivity contribution in [2.24, 2.45) is 0 Å². The Labute approximate surface area is 419 Å². The molecule has 2 aliphatic rings. The molecule has 2 rings (SSSR count). The molecule has 0 aromatic carbocycles. The van der Waals surface area contributed by atoms with Gasteiger partial charge in [-0.1, -0.05) is 151 Å². The van der Waals surface area contributed by atoms with E-state index in [0.29, 0.717) is 12.8 Å². The van der Waals surface area contributed by atoms with Crippen LogP contribution in [-0.2, 0) is 38.0 Å². The first kappa shape index (κ1) is 63.1. The summed E-state index contributed by atoms with van der Waals surface area (Å²) in [5.41, 5.74) is 0. The van der Waals surface area contributed by atoms with Crippen LogP contribution in [0.3, 0.4) is 0 Å². The third kappa shape index (κ3) is 28.8. The van der Waals surface area contributed by atoms with Crippen LogP contribution in [0.5, 0.6) is 0 Å². The van der Waals surface area contributed by atoms with Crippen LogP contribution in [0.1, 0.15) is 167 Å². The van der Waals surface area contributed by atoms with Gasteiger partial charge in [0.15, 0.2) is 18.7 Å². The number of allylic oxidation sites excluding steroid dienone is 11. The van der Waals surface area contributed by atoms with E-state index in [0.717, 1.165) is 77.0 Å². The number of esters is 2. The second-order valence-corrected chi connectivity index (χ2v) is 18.4. The summed E-state index contributed by atoms with van der Waals surface area (Å²) in [6.45, 7) is 3.97. The number of aliphatic hydroxyl groups is 7. The summed E-state index contributed by atoms with van der Waals surface area (Å²) < 4.78 is 33.6. The largest absolute Gasteiger partial charge is 0.462 e. The first-order valence-electron chi connectivity index (χ1n) is 26.5. The molecule has 0 aromatic heterocycles. The quantitative estimate of drug-likeness (QED) is 0.0176. The Balaban J connectivity index is 1.81. The van der Waals surface area contributed by atoms with Crippen LogP contribution in [0.25, 0.3) is 0 Å². The molecule has 2 heterocycles. The Morgan fingerprint density at radius 1 is 0.500 bits per heavy atom. The molecule has 15 nitrogen and oxygen atoms in total. The minimum Gasteiger partial charge on any atom is -0.462 e. The number of hydrogen-bond donors (Lipinski definition) is 7. The van der Waals surface area contributed by atoms with Gasteiger partial charge in [0.1, 0.15) is 55.4 Å². The lowest BCUT2D eigenvalue weighted by atomic mass is 9.98. The van der Waals surface area contributed by atoms with Gasteiger partial charge in [-0.05, 0) is 70.6 Å². The molecule has 402 valence electrons. The van der Waals surface area contributed by atoms with Crippen molar-refractivity contribution in [3.63, 3.8) is 0 Å². The number of carbonyl (C=O) groups is 2. The highest BCUT2D eigenvalue weighted by Gasteiger charge is 2.47. The number of rotatable bonds is 41. The molecule has 2 saturated heterocycles. The third-order valence-corrected chi connectivity index (χ3v) is 12.3. The first-order valence-corrected chi connectivity index (χ1v) is 26.5. The predicted molar refractivity (Wildman–Crippen MR) is 270 cm³/mol. The fraction of sp³-hybridized carbons (Fsp3) is 0.745. The van der Waals surface area contributed by atoms with Gasteiger partial charge in [-0.25, -0.2) is 0 Å². The minimum atomic E-state index is -1.77. The Morgan fingerprint density at radius 3 is 1.46 bits per heavy atom. The standard InChI is InChI=1S/C55H92O15/c1-3-5-7-9-11-13-15-17-19-20-21-22-24-26-28-30-32-34-36-38-47(58)68-43(40-65-46(57)37-35-33-31-29-27-25-23-18-16-14-12-10-8-6-4-2)41-66-54-53(64)51(62)49(60)45(70-54)42-67-55-52(63)50(61)48(59)44(39-56)69-55/h4-5,7,11,13,17,19,21-22,26,28,43-45,48-56,59-64H,2-3,6,8-10,12,14-16,18,20,23-25,27,29-42H2,1H3/b7-5+,13-11+,19-17+,22-21+,28-26+/t43-,44+,45+,48-,49-,50?,51?,52?,53?,54+,55+/m1/s1. The van der Waals surface area contributed by atoms with Gasteiger partial charge in [-0.2, -0.15) is 0 Å². The summed E-state index contributed by atoms with van der Waals surface area (Å²) in [6.07, 6.45) is 31.0. The Morgan fingerprint density at radius 2 is 0.929 bits per heavy atom. The molecule has 0 aliphatic carbocycles. The summed E-state index contributed by atoms with van der Waals surface area (Å²) in [5, 5.41) is 72.1. The molecule has 0 amide bonds. The van der Waals surface area contributed by atoms with E-state index in [1.165, 1.54) is 57.8 Å². The maximum atomic E-state index is 13.0. The average Bonchev–Trinajstić information content (AvgIpc) is 3.35. The van der Waals surface area contributed by atoms with Crippen molar-refractivity contribution in [3.05, 3.63) is 73.4 Å². The van der Waals surface area contributed by atoms with Crippen molar-refractivity contribution in [2.45, 2.75) is 235 Å². The van der Waals surface area contributed by atoms with E-state index in [-0.39, 0.29) is 19.4 Å². The highest BCUT2D eigenvalue weighted by molar-refractivity contribution is 5.70. The minimum absolute atomic E-state index is 0.122. The summed E-state index contributed by atoms with van der Waals surface area (Å²) in [5.74, 6) is -0.969. The molecule has 4 unspecified atom stereocenters. The van der Waals surface area contributed by atoms with Crippen molar-refractivity contribution in [3.8, 4) is 0 Å². The summed E-state index contributed by atoms with van der Waals surface area (Å²) in [4.78, 5) is 25.8. The second kappa shape index (κ2) is 41.4. The first-order chi connectivity index (χ1) is 34.0. The van der Waals surface area contributed by atoms with Crippen LogP contribution >= 0.6 is 0 Å². The summed E-state index contributed by atoms with van der Waals surface area (Å²) in [6, 6.07) is 0. The fourth-order valence-corrected chi connectivity index (χ4v) is 7.99. The maximum absolute atomic E-state index is 13.0. The topological polar surface area (TPSA) is 231 Å². The number of aliphatic hydroxyl groups excluding tert-OH is 7. The molecule has 15 heteroatoms. The molecule has 0 radical (unpaired) electrons. The number of ether oxygens (including phenoxy) is 6. The number of unbranched alkanes of at least 4 members (excludes halogenated alkanes) is 16. The molecular weight excluding hydrogens is 901 g/mol. The second-order valence-electron chi connectivity index (χ2n) is 18.4. The van der Waals surface area contributed by atoms with Crippen LogP contribution in [0.2, 0.25) is 0 Å². The molecule has 0 bridgehead atoms.